The second-order valence-corrected chi connectivity index (χ2v) is 9.47. The third-order valence-corrected chi connectivity index (χ3v) is 6.70. The number of benzene rings is 4. The van der Waals surface area contributed by atoms with Crippen molar-refractivity contribution < 1.29 is 24.5 Å². The maximum absolute atomic E-state index is 11.8. The van der Waals surface area contributed by atoms with E-state index in [1.165, 1.54) is 0 Å². The van der Waals surface area contributed by atoms with Crippen molar-refractivity contribution in [3.05, 3.63) is 108 Å². The van der Waals surface area contributed by atoms with Crippen LogP contribution >= 0.6 is 0 Å². The van der Waals surface area contributed by atoms with Gasteiger partial charge in [-0.05, 0) is 77.1 Å². The average molecular weight is 540 g/mol. The van der Waals surface area contributed by atoms with E-state index in [4.69, 9.17) is 9.47 Å². The number of nitrogens with one attached hydrogen (secondary N) is 1. The predicted molar refractivity (Wildman–Crippen MR) is 159 cm³/mol. The second-order valence-electron chi connectivity index (χ2n) is 9.47. The number of ether oxygens (including phenoxy) is 2. The Hall–Kier alpha value is -4.13. The highest BCUT2D eigenvalue weighted by molar-refractivity contribution is 5.97. The molecule has 0 unspecified atom stereocenters. The Balaban J connectivity index is 0.00000181. The van der Waals surface area contributed by atoms with E-state index in [2.05, 4.69) is 11.4 Å². The van der Waals surface area contributed by atoms with Crippen LogP contribution < -0.4 is 14.8 Å². The van der Waals surface area contributed by atoms with Crippen LogP contribution in [0.25, 0.3) is 22.3 Å². The van der Waals surface area contributed by atoms with Crippen LogP contribution in [-0.4, -0.2) is 48.1 Å². The third-order valence-electron chi connectivity index (χ3n) is 6.70. The number of para-hydroxylation sites is 1. The molecule has 0 fully saturated rings. The summed E-state index contributed by atoms with van der Waals surface area (Å²) in [5, 5.41) is 23.2. The van der Waals surface area contributed by atoms with Crippen LogP contribution in [0, 0.1) is 0 Å². The Morgan fingerprint density at radius 1 is 0.925 bits per heavy atom. The summed E-state index contributed by atoms with van der Waals surface area (Å²) in [5.41, 5.74) is 4.99. The molecule has 0 spiro atoms. The first kappa shape index (κ1) is 28.9. The van der Waals surface area contributed by atoms with E-state index in [9.17, 15) is 15.0 Å². The number of hydrogen-bond donors (Lipinski definition) is 3. The molecule has 0 saturated carbocycles. The average Bonchev–Trinajstić information content (AvgIpc) is 3.01. The summed E-state index contributed by atoms with van der Waals surface area (Å²) in [7, 11) is 0. The summed E-state index contributed by atoms with van der Waals surface area (Å²) in [6.45, 7) is 5.29. The van der Waals surface area contributed by atoms with Gasteiger partial charge in [-0.3, -0.25) is 0 Å². The summed E-state index contributed by atoms with van der Waals surface area (Å²) >= 11 is 0. The van der Waals surface area contributed by atoms with Gasteiger partial charge >= 0.3 is 5.97 Å². The Morgan fingerprint density at radius 3 is 2.33 bits per heavy atom. The molecule has 0 bridgehead atoms. The minimum atomic E-state index is -0.940. The summed E-state index contributed by atoms with van der Waals surface area (Å²) in [6, 6.07) is 30.7. The van der Waals surface area contributed by atoms with Crippen LogP contribution in [0.1, 0.15) is 36.2 Å². The smallest absolute Gasteiger partial charge is 0.336 e. The fourth-order valence-electron chi connectivity index (χ4n) is 4.71. The summed E-state index contributed by atoms with van der Waals surface area (Å²) in [6.07, 6.45) is 1.17. The lowest BCUT2D eigenvalue weighted by molar-refractivity contribution is 0.0697. The molecule has 0 amide bonds. The lowest BCUT2D eigenvalue weighted by Crippen LogP contribution is -2.39. The van der Waals surface area contributed by atoms with E-state index in [0.29, 0.717) is 18.7 Å². The number of fused-ring (bicyclic) bond motifs is 1. The van der Waals surface area contributed by atoms with Crippen LogP contribution in [0.3, 0.4) is 0 Å². The number of aromatic carboxylic acids is 1. The van der Waals surface area contributed by atoms with Crippen LogP contribution in [0.4, 0.5) is 0 Å². The number of rotatable bonds is 10. The van der Waals surface area contributed by atoms with E-state index >= 15 is 0 Å². The second kappa shape index (κ2) is 14.3. The highest BCUT2D eigenvalue weighted by atomic mass is 16.5. The van der Waals surface area contributed by atoms with Gasteiger partial charge in [0, 0.05) is 13.1 Å². The molecule has 1 heterocycles. The van der Waals surface area contributed by atoms with Gasteiger partial charge < -0.3 is 25.0 Å². The number of hydrogen-bond acceptors (Lipinski definition) is 5. The molecule has 0 aromatic heterocycles. The lowest BCUT2D eigenvalue weighted by atomic mass is 9.92. The topological polar surface area (TPSA) is 88.0 Å². The molecule has 1 aliphatic rings. The van der Waals surface area contributed by atoms with Crippen molar-refractivity contribution in [2.24, 2.45) is 0 Å². The minimum Gasteiger partial charge on any atom is -0.491 e. The molecule has 208 valence electrons. The highest BCUT2D eigenvalue weighted by Crippen LogP contribution is 2.34. The van der Waals surface area contributed by atoms with Gasteiger partial charge in [0.2, 0.25) is 0 Å². The third kappa shape index (κ3) is 7.50. The zero-order valence-electron chi connectivity index (χ0n) is 23.0. The fraction of sp³-hybridized carbons (Fsp3) is 0.265. The Kier molecular flexibility index (Phi) is 10.3. The summed E-state index contributed by atoms with van der Waals surface area (Å²) in [4.78, 5) is 11.8. The van der Waals surface area contributed by atoms with E-state index < -0.39 is 12.1 Å². The van der Waals surface area contributed by atoms with E-state index in [-0.39, 0.29) is 18.3 Å². The van der Waals surface area contributed by atoms with E-state index in [1.54, 1.807) is 6.07 Å². The normalized spacial score (nSPS) is 14.6. The molecule has 0 saturated heterocycles. The molecular weight excluding hydrogens is 502 g/mol. The Labute approximate surface area is 236 Å². The molecule has 0 aliphatic carbocycles. The van der Waals surface area contributed by atoms with Crippen LogP contribution in [0.5, 0.6) is 11.5 Å². The van der Waals surface area contributed by atoms with Gasteiger partial charge in [0.15, 0.2) is 0 Å². The van der Waals surface area contributed by atoms with Gasteiger partial charge in [0.05, 0.1) is 5.56 Å². The van der Waals surface area contributed by atoms with Crippen molar-refractivity contribution in [3.8, 4) is 33.8 Å². The molecule has 2 atom stereocenters. The Morgan fingerprint density at radius 2 is 1.60 bits per heavy atom. The molecule has 40 heavy (non-hydrogen) atoms. The predicted octanol–water partition coefficient (Wildman–Crippen LogP) is 6.47. The van der Waals surface area contributed by atoms with Gasteiger partial charge in [0.25, 0.3) is 0 Å². The number of aliphatic hydroxyl groups is 1. The summed E-state index contributed by atoms with van der Waals surface area (Å²) in [5.74, 6) is 0.669. The van der Waals surface area contributed by atoms with Crippen molar-refractivity contribution in [3.63, 3.8) is 0 Å². The van der Waals surface area contributed by atoms with Crippen LogP contribution in [0.15, 0.2) is 97.1 Å². The molecule has 6 nitrogen and oxygen atoms in total. The van der Waals surface area contributed by atoms with Crippen molar-refractivity contribution in [2.75, 3.05) is 19.7 Å². The van der Waals surface area contributed by atoms with Crippen molar-refractivity contribution in [1.82, 2.24) is 5.32 Å². The molecule has 4 aromatic rings. The monoisotopic (exact) mass is 539 g/mol. The van der Waals surface area contributed by atoms with Gasteiger partial charge in [-0.2, -0.15) is 0 Å². The van der Waals surface area contributed by atoms with E-state index in [0.717, 1.165) is 46.6 Å². The lowest BCUT2D eigenvalue weighted by Gasteiger charge is -2.27. The number of carboxylic acid groups (broad SMARTS) is 1. The zero-order chi connectivity index (χ0) is 28.3. The van der Waals surface area contributed by atoms with Gasteiger partial charge in [-0.25, -0.2) is 4.79 Å². The zero-order valence-corrected chi connectivity index (χ0v) is 23.0. The van der Waals surface area contributed by atoms with Gasteiger partial charge in [-0.1, -0.05) is 74.5 Å². The van der Waals surface area contributed by atoms with Crippen LogP contribution in [0.2, 0.25) is 0 Å². The molecule has 4 aromatic carbocycles. The fourth-order valence-corrected chi connectivity index (χ4v) is 4.71. The number of carbonyl (C=O) groups is 1. The molecule has 0 radical (unpaired) electrons. The van der Waals surface area contributed by atoms with Crippen molar-refractivity contribution in [2.45, 2.75) is 38.9 Å². The maximum Gasteiger partial charge on any atom is 0.336 e. The minimum absolute atomic E-state index is 0.0233. The first-order valence-electron chi connectivity index (χ1n) is 13.9. The SMILES string of the molecule is CC.O=C(O)c1ccc(-c2ccc3c(c2)CC[C@H](CNC[C@H](O)COc2ccccc2)O3)cc1-c1ccccc1. The number of aliphatic hydroxyl groups excluding tert-OH is 1. The summed E-state index contributed by atoms with van der Waals surface area (Å²) < 4.78 is 11.8. The quantitative estimate of drug-likeness (QED) is 0.214. The van der Waals surface area contributed by atoms with E-state index in [1.807, 2.05) is 98.8 Å². The molecule has 3 N–H and O–H groups in total. The molecule has 1 aliphatic heterocycles. The molecular formula is C34H37NO5. The molecule has 5 rings (SSSR count). The van der Waals surface area contributed by atoms with Gasteiger partial charge in [-0.15, -0.1) is 0 Å². The van der Waals surface area contributed by atoms with Crippen LogP contribution in [-0.2, 0) is 6.42 Å². The standard InChI is InChI=1S/C32H31NO5.C2H6/c34-26(21-37-27-9-5-2-6-10-27)19-33-20-28-14-11-25-17-23(13-16-31(25)38-28)24-12-15-29(32(35)36)30(18-24)22-7-3-1-4-8-22;1-2/h1-10,12-13,15-18,26,28,33-34H,11,14,19-21H2,(H,35,36);1-2H3/t26-,28+;/m0./s1. The van der Waals surface area contributed by atoms with Crippen molar-refractivity contribution >= 4 is 5.97 Å². The van der Waals surface area contributed by atoms with Gasteiger partial charge in [0.1, 0.15) is 30.3 Å². The first-order valence-corrected chi connectivity index (χ1v) is 13.9. The number of aryl methyl sites for hydroxylation is 1. The highest BCUT2D eigenvalue weighted by Gasteiger charge is 2.21. The number of carboxylic acids is 1. The largest absolute Gasteiger partial charge is 0.491 e. The first-order chi connectivity index (χ1) is 19.6. The van der Waals surface area contributed by atoms with Crippen molar-refractivity contribution in [1.29, 1.82) is 0 Å². The Bertz CT molecular complexity index is 1370. The molecule has 6 heteroatoms. The maximum atomic E-state index is 11.8.